The summed E-state index contributed by atoms with van der Waals surface area (Å²) in [5, 5.41) is 0. The number of halogens is 1. The Morgan fingerprint density at radius 2 is 2.28 bits per heavy atom. The molecule has 0 bridgehead atoms. The van der Waals surface area contributed by atoms with Gasteiger partial charge in [-0.15, -0.1) is 0 Å². The van der Waals surface area contributed by atoms with Gasteiger partial charge >= 0.3 is 0 Å². The lowest BCUT2D eigenvalue weighted by Crippen LogP contribution is -2.31. The van der Waals surface area contributed by atoms with Gasteiger partial charge in [-0.05, 0) is 47.6 Å². The molecule has 1 unspecified atom stereocenters. The van der Waals surface area contributed by atoms with Gasteiger partial charge in [-0.25, -0.2) is 10.4 Å². The summed E-state index contributed by atoms with van der Waals surface area (Å²) in [5.41, 5.74) is 5.29. The van der Waals surface area contributed by atoms with Crippen LogP contribution in [0.3, 0.4) is 0 Å². The standard InChI is InChI=1S/C13H17IN4/c1-3-18-8-7-16-13(18)12(17-15)10-6-4-5-9(2)11(10)14/h4-8,12,17H,3,15H2,1-2H3. The fourth-order valence-corrected chi connectivity index (χ4v) is 2.72. The molecule has 2 rings (SSSR count). The Bertz CT molecular complexity index is 536. The summed E-state index contributed by atoms with van der Waals surface area (Å²) in [5.74, 6) is 6.68. The molecule has 0 aliphatic heterocycles. The van der Waals surface area contributed by atoms with E-state index in [9.17, 15) is 0 Å². The van der Waals surface area contributed by atoms with Gasteiger partial charge in [-0.2, -0.15) is 0 Å². The maximum atomic E-state index is 5.73. The highest BCUT2D eigenvalue weighted by Crippen LogP contribution is 2.26. The number of aryl methyl sites for hydroxylation is 2. The van der Waals surface area contributed by atoms with Crippen LogP contribution in [0.25, 0.3) is 0 Å². The molecule has 1 heterocycles. The lowest BCUT2D eigenvalue weighted by molar-refractivity contribution is 0.559. The van der Waals surface area contributed by atoms with Crippen LogP contribution < -0.4 is 11.3 Å². The normalized spacial score (nSPS) is 12.7. The third-order valence-electron chi connectivity index (χ3n) is 3.05. The first-order valence-electron chi connectivity index (χ1n) is 5.91. The molecule has 1 aromatic heterocycles. The summed E-state index contributed by atoms with van der Waals surface area (Å²) in [4.78, 5) is 4.42. The van der Waals surface area contributed by atoms with Gasteiger partial charge in [0.05, 0.1) is 0 Å². The van der Waals surface area contributed by atoms with Crippen LogP contribution in [0, 0.1) is 10.5 Å². The summed E-state index contributed by atoms with van der Waals surface area (Å²) in [6.07, 6.45) is 3.79. The van der Waals surface area contributed by atoms with Crippen molar-refractivity contribution in [2.45, 2.75) is 26.4 Å². The molecule has 4 nitrogen and oxygen atoms in total. The number of hydrazine groups is 1. The number of nitrogens with two attached hydrogens (primary N) is 1. The van der Waals surface area contributed by atoms with E-state index in [1.54, 1.807) is 0 Å². The van der Waals surface area contributed by atoms with Gasteiger partial charge < -0.3 is 4.57 Å². The molecule has 1 atom stereocenters. The minimum absolute atomic E-state index is 0.0771. The van der Waals surface area contributed by atoms with Crippen molar-refractivity contribution in [3.8, 4) is 0 Å². The zero-order chi connectivity index (χ0) is 13.1. The maximum Gasteiger partial charge on any atom is 0.131 e. The van der Waals surface area contributed by atoms with E-state index in [-0.39, 0.29) is 6.04 Å². The minimum atomic E-state index is -0.0771. The van der Waals surface area contributed by atoms with Gasteiger partial charge in [0, 0.05) is 22.5 Å². The highest BCUT2D eigenvalue weighted by Gasteiger charge is 2.20. The maximum absolute atomic E-state index is 5.73. The lowest BCUT2D eigenvalue weighted by atomic mass is 10.0. The van der Waals surface area contributed by atoms with Crippen molar-refractivity contribution in [1.82, 2.24) is 15.0 Å². The van der Waals surface area contributed by atoms with Gasteiger partial charge in [0.1, 0.15) is 11.9 Å². The Morgan fingerprint density at radius 3 is 2.94 bits per heavy atom. The van der Waals surface area contributed by atoms with E-state index in [1.165, 1.54) is 14.7 Å². The monoisotopic (exact) mass is 356 g/mol. The van der Waals surface area contributed by atoms with Crippen molar-refractivity contribution in [3.63, 3.8) is 0 Å². The molecule has 0 aliphatic rings. The van der Waals surface area contributed by atoms with E-state index in [1.807, 2.05) is 12.4 Å². The van der Waals surface area contributed by atoms with Crippen molar-refractivity contribution in [1.29, 1.82) is 0 Å². The summed E-state index contributed by atoms with van der Waals surface area (Å²) in [6.45, 7) is 5.08. The van der Waals surface area contributed by atoms with Crippen LogP contribution in [0.4, 0.5) is 0 Å². The zero-order valence-corrected chi connectivity index (χ0v) is 12.7. The van der Waals surface area contributed by atoms with E-state index >= 15 is 0 Å². The first kappa shape index (κ1) is 13.5. The van der Waals surface area contributed by atoms with Crippen molar-refractivity contribution in [2.24, 2.45) is 5.84 Å². The Kier molecular flexibility index (Phi) is 4.36. The zero-order valence-electron chi connectivity index (χ0n) is 10.5. The van der Waals surface area contributed by atoms with Crippen LogP contribution in [-0.4, -0.2) is 9.55 Å². The molecular weight excluding hydrogens is 339 g/mol. The second kappa shape index (κ2) is 5.81. The number of hydrogen-bond acceptors (Lipinski definition) is 3. The second-order valence-corrected chi connectivity index (χ2v) is 5.23. The topological polar surface area (TPSA) is 55.9 Å². The molecule has 0 saturated carbocycles. The van der Waals surface area contributed by atoms with Crippen LogP contribution in [0.15, 0.2) is 30.6 Å². The number of hydrogen-bond donors (Lipinski definition) is 2. The fourth-order valence-electron chi connectivity index (χ4n) is 2.04. The summed E-state index contributed by atoms with van der Waals surface area (Å²) >= 11 is 2.36. The number of nitrogens with zero attached hydrogens (tertiary/aromatic N) is 2. The molecule has 0 amide bonds. The quantitative estimate of drug-likeness (QED) is 0.503. The van der Waals surface area contributed by atoms with Crippen LogP contribution in [0.2, 0.25) is 0 Å². The molecule has 5 heteroatoms. The van der Waals surface area contributed by atoms with Crippen molar-refractivity contribution < 1.29 is 0 Å². The number of nitrogens with one attached hydrogen (secondary N) is 1. The fraction of sp³-hybridized carbons (Fsp3) is 0.308. The Labute approximate surface area is 121 Å². The molecular formula is C13H17IN4. The average molecular weight is 356 g/mol. The van der Waals surface area contributed by atoms with Crippen LogP contribution in [-0.2, 0) is 6.54 Å². The first-order chi connectivity index (χ1) is 8.69. The predicted octanol–water partition coefficient (Wildman–Crippen LogP) is 2.37. The summed E-state index contributed by atoms with van der Waals surface area (Å²) in [6, 6.07) is 6.17. The first-order valence-corrected chi connectivity index (χ1v) is 6.99. The molecule has 18 heavy (non-hydrogen) atoms. The average Bonchev–Trinajstić information content (AvgIpc) is 2.83. The molecule has 0 aliphatic carbocycles. The highest BCUT2D eigenvalue weighted by atomic mass is 127. The van der Waals surface area contributed by atoms with E-state index in [4.69, 9.17) is 5.84 Å². The van der Waals surface area contributed by atoms with E-state index < -0.39 is 0 Å². The summed E-state index contributed by atoms with van der Waals surface area (Å²) < 4.78 is 3.33. The number of aromatic nitrogens is 2. The molecule has 0 fully saturated rings. The summed E-state index contributed by atoms with van der Waals surface area (Å²) in [7, 11) is 0. The van der Waals surface area contributed by atoms with Crippen molar-refractivity contribution in [2.75, 3.05) is 0 Å². The minimum Gasteiger partial charge on any atom is -0.334 e. The van der Waals surface area contributed by atoms with E-state index in [0.29, 0.717) is 0 Å². The van der Waals surface area contributed by atoms with Crippen LogP contribution >= 0.6 is 22.6 Å². The molecule has 0 spiro atoms. The number of rotatable bonds is 4. The lowest BCUT2D eigenvalue weighted by Gasteiger charge is -2.19. The largest absolute Gasteiger partial charge is 0.334 e. The van der Waals surface area contributed by atoms with Crippen molar-refractivity contribution in [3.05, 3.63) is 51.1 Å². The molecule has 3 N–H and O–H groups in total. The third-order valence-corrected chi connectivity index (χ3v) is 4.52. The van der Waals surface area contributed by atoms with Crippen molar-refractivity contribution >= 4 is 22.6 Å². The highest BCUT2D eigenvalue weighted by molar-refractivity contribution is 14.1. The third kappa shape index (κ3) is 2.43. The second-order valence-electron chi connectivity index (χ2n) is 4.15. The van der Waals surface area contributed by atoms with Gasteiger partial charge in [-0.3, -0.25) is 5.84 Å². The Balaban J connectivity index is 2.49. The SMILES string of the molecule is CCn1ccnc1C(NN)c1cccc(C)c1I. The molecule has 0 radical (unpaired) electrons. The molecule has 0 saturated heterocycles. The van der Waals surface area contributed by atoms with Crippen LogP contribution in [0.1, 0.15) is 29.9 Å². The molecule has 1 aromatic carbocycles. The van der Waals surface area contributed by atoms with E-state index in [2.05, 4.69) is 69.6 Å². The molecule has 2 aromatic rings. The number of benzene rings is 1. The smallest absolute Gasteiger partial charge is 0.131 e. The van der Waals surface area contributed by atoms with Crippen LogP contribution in [0.5, 0.6) is 0 Å². The van der Waals surface area contributed by atoms with Gasteiger partial charge in [-0.1, -0.05) is 18.2 Å². The van der Waals surface area contributed by atoms with Gasteiger partial charge in [0.25, 0.3) is 0 Å². The Hall–Kier alpha value is -0.920. The number of imidazole rings is 1. The Morgan fingerprint density at radius 1 is 1.50 bits per heavy atom. The van der Waals surface area contributed by atoms with Gasteiger partial charge in [0.2, 0.25) is 0 Å². The van der Waals surface area contributed by atoms with Gasteiger partial charge in [0.15, 0.2) is 0 Å². The van der Waals surface area contributed by atoms with E-state index in [0.717, 1.165) is 12.4 Å². The molecule has 96 valence electrons. The predicted molar refractivity (Wildman–Crippen MR) is 81.0 cm³/mol.